The van der Waals surface area contributed by atoms with E-state index in [0.717, 1.165) is 0 Å². The number of hydrogen-bond donors (Lipinski definition) is 2. The quantitative estimate of drug-likeness (QED) is 0.842. The second-order valence-corrected chi connectivity index (χ2v) is 5.72. The maximum absolute atomic E-state index is 12.6. The number of oxazole rings is 1. The first kappa shape index (κ1) is 13.6. The molecule has 1 aliphatic rings. The fraction of sp³-hybridized carbons (Fsp3) is 0.400. The summed E-state index contributed by atoms with van der Waals surface area (Å²) >= 11 is 0. The maximum Gasteiger partial charge on any atom is 0.417 e. The van der Waals surface area contributed by atoms with Crippen LogP contribution in [-0.4, -0.2) is 21.8 Å². The van der Waals surface area contributed by atoms with E-state index in [2.05, 4.69) is 4.98 Å². The van der Waals surface area contributed by atoms with Crippen LogP contribution in [0.4, 0.5) is 0 Å². The zero-order valence-electron chi connectivity index (χ0n) is 11.5. The second kappa shape index (κ2) is 4.87. The van der Waals surface area contributed by atoms with Crippen LogP contribution < -0.4 is 5.76 Å². The van der Waals surface area contributed by atoms with Crippen LogP contribution in [0.5, 0.6) is 0 Å². The number of aliphatic carboxylic acids is 1. The Kier molecular flexibility index (Phi) is 3.16. The van der Waals surface area contributed by atoms with Crippen molar-refractivity contribution in [3.05, 3.63) is 34.3 Å². The van der Waals surface area contributed by atoms with E-state index in [4.69, 9.17) is 4.42 Å². The maximum atomic E-state index is 12.6. The SMILES string of the molecule is CC1CC(C(=O)O)C(C(=O)c2ccc3[nH]c(=O)oc3c2)C1. The van der Waals surface area contributed by atoms with Crippen molar-refractivity contribution in [3.63, 3.8) is 0 Å². The largest absolute Gasteiger partial charge is 0.481 e. The van der Waals surface area contributed by atoms with Gasteiger partial charge in [0.2, 0.25) is 0 Å². The number of aromatic amines is 1. The Hall–Kier alpha value is -2.37. The van der Waals surface area contributed by atoms with E-state index >= 15 is 0 Å². The molecule has 3 unspecified atom stereocenters. The summed E-state index contributed by atoms with van der Waals surface area (Å²) in [5, 5.41) is 9.26. The molecule has 1 aromatic heterocycles. The fourth-order valence-corrected chi connectivity index (χ4v) is 3.17. The van der Waals surface area contributed by atoms with Gasteiger partial charge in [0.1, 0.15) is 0 Å². The lowest BCUT2D eigenvalue weighted by molar-refractivity contribution is -0.142. The van der Waals surface area contributed by atoms with Gasteiger partial charge >= 0.3 is 11.7 Å². The molecule has 0 radical (unpaired) electrons. The minimum Gasteiger partial charge on any atom is -0.481 e. The Labute approximate surface area is 119 Å². The average Bonchev–Trinajstić information content (AvgIpc) is 2.98. The zero-order valence-corrected chi connectivity index (χ0v) is 11.5. The van der Waals surface area contributed by atoms with Gasteiger partial charge < -0.3 is 9.52 Å². The number of carboxylic acids is 1. The summed E-state index contributed by atoms with van der Waals surface area (Å²) in [5.74, 6) is -2.63. The third-order valence-electron chi connectivity index (χ3n) is 4.16. The highest BCUT2D eigenvalue weighted by atomic mass is 16.4. The molecule has 1 aliphatic carbocycles. The van der Waals surface area contributed by atoms with Crippen molar-refractivity contribution in [2.75, 3.05) is 0 Å². The number of hydrogen-bond acceptors (Lipinski definition) is 4. The van der Waals surface area contributed by atoms with Crippen LogP contribution in [0.1, 0.15) is 30.1 Å². The highest BCUT2D eigenvalue weighted by Gasteiger charge is 2.41. The molecule has 3 atom stereocenters. The number of benzene rings is 1. The van der Waals surface area contributed by atoms with Gasteiger partial charge in [-0.25, -0.2) is 4.79 Å². The first-order valence-electron chi connectivity index (χ1n) is 6.85. The van der Waals surface area contributed by atoms with Crippen LogP contribution in [0.15, 0.2) is 27.4 Å². The van der Waals surface area contributed by atoms with E-state index in [1.54, 1.807) is 12.1 Å². The zero-order chi connectivity index (χ0) is 15.1. The van der Waals surface area contributed by atoms with Gasteiger partial charge in [-0.2, -0.15) is 0 Å². The van der Waals surface area contributed by atoms with Crippen molar-refractivity contribution in [1.82, 2.24) is 4.98 Å². The number of ketones is 1. The van der Waals surface area contributed by atoms with E-state index in [9.17, 15) is 19.5 Å². The smallest absolute Gasteiger partial charge is 0.417 e. The highest BCUT2D eigenvalue weighted by molar-refractivity contribution is 6.02. The molecule has 3 rings (SSSR count). The van der Waals surface area contributed by atoms with Gasteiger partial charge in [-0.15, -0.1) is 0 Å². The lowest BCUT2D eigenvalue weighted by Crippen LogP contribution is -2.25. The molecule has 1 fully saturated rings. The molecular formula is C15H15NO5. The molecule has 0 amide bonds. The lowest BCUT2D eigenvalue weighted by atomic mass is 9.88. The number of nitrogens with one attached hydrogen (secondary N) is 1. The minimum absolute atomic E-state index is 0.197. The van der Waals surface area contributed by atoms with Gasteiger partial charge in [-0.3, -0.25) is 14.6 Å². The molecule has 2 N–H and O–H groups in total. The number of carboxylic acid groups (broad SMARTS) is 1. The normalized spacial score (nSPS) is 25.3. The third kappa shape index (κ3) is 2.37. The Balaban J connectivity index is 1.95. The Morgan fingerprint density at radius 1 is 1.29 bits per heavy atom. The molecule has 6 heteroatoms. The number of Topliss-reactive ketones (excluding diaryl/α,β-unsaturated/α-hetero) is 1. The number of carbonyl (C=O) groups is 2. The van der Waals surface area contributed by atoms with E-state index in [0.29, 0.717) is 29.5 Å². The molecule has 1 saturated carbocycles. The molecule has 110 valence electrons. The van der Waals surface area contributed by atoms with Crippen LogP contribution >= 0.6 is 0 Å². The third-order valence-corrected chi connectivity index (χ3v) is 4.16. The number of carbonyl (C=O) groups excluding carboxylic acids is 1. The molecule has 0 spiro atoms. The molecule has 6 nitrogen and oxygen atoms in total. The predicted molar refractivity (Wildman–Crippen MR) is 74.2 cm³/mol. The number of aromatic nitrogens is 1. The summed E-state index contributed by atoms with van der Waals surface area (Å²) in [6, 6.07) is 4.69. The fourth-order valence-electron chi connectivity index (χ4n) is 3.17. The Morgan fingerprint density at radius 3 is 2.71 bits per heavy atom. The van der Waals surface area contributed by atoms with Crippen molar-refractivity contribution in [2.45, 2.75) is 19.8 Å². The van der Waals surface area contributed by atoms with Crippen LogP contribution in [0, 0.1) is 17.8 Å². The van der Waals surface area contributed by atoms with Gasteiger partial charge in [0.25, 0.3) is 0 Å². The Bertz CT molecular complexity index is 772. The first-order valence-corrected chi connectivity index (χ1v) is 6.85. The number of fused-ring (bicyclic) bond motifs is 1. The van der Waals surface area contributed by atoms with Crippen molar-refractivity contribution in [2.24, 2.45) is 17.8 Å². The van der Waals surface area contributed by atoms with Gasteiger partial charge in [-0.1, -0.05) is 6.92 Å². The van der Waals surface area contributed by atoms with E-state index in [-0.39, 0.29) is 11.7 Å². The second-order valence-electron chi connectivity index (χ2n) is 5.72. The summed E-state index contributed by atoms with van der Waals surface area (Å²) in [6.07, 6.45) is 1.10. The molecule has 0 bridgehead atoms. The molecule has 1 heterocycles. The molecule has 0 aliphatic heterocycles. The molecule has 2 aromatic rings. The Morgan fingerprint density at radius 2 is 2.00 bits per heavy atom. The average molecular weight is 289 g/mol. The van der Waals surface area contributed by atoms with Crippen molar-refractivity contribution in [1.29, 1.82) is 0 Å². The molecule has 0 saturated heterocycles. The number of rotatable bonds is 3. The summed E-state index contributed by atoms with van der Waals surface area (Å²) in [6.45, 7) is 1.96. The highest BCUT2D eigenvalue weighted by Crippen LogP contribution is 2.38. The van der Waals surface area contributed by atoms with E-state index in [1.165, 1.54) is 6.07 Å². The van der Waals surface area contributed by atoms with Crippen molar-refractivity contribution >= 4 is 22.9 Å². The first-order chi connectivity index (χ1) is 9.95. The molecule has 21 heavy (non-hydrogen) atoms. The predicted octanol–water partition coefficient (Wildman–Crippen LogP) is 2.05. The van der Waals surface area contributed by atoms with Crippen LogP contribution in [-0.2, 0) is 4.79 Å². The van der Waals surface area contributed by atoms with E-state index < -0.39 is 23.6 Å². The topological polar surface area (TPSA) is 100 Å². The van der Waals surface area contributed by atoms with Crippen LogP contribution in [0.25, 0.3) is 11.1 Å². The monoisotopic (exact) mass is 289 g/mol. The molecular weight excluding hydrogens is 274 g/mol. The van der Waals surface area contributed by atoms with Gasteiger partial charge in [-0.05, 0) is 37.0 Å². The summed E-state index contributed by atoms with van der Waals surface area (Å²) < 4.78 is 4.94. The van der Waals surface area contributed by atoms with Crippen LogP contribution in [0.3, 0.4) is 0 Å². The summed E-state index contributed by atoms with van der Waals surface area (Å²) in [4.78, 5) is 37.5. The summed E-state index contributed by atoms with van der Waals surface area (Å²) in [5.41, 5.74) is 1.21. The standard InChI is InChI=1S/C15H15NO5/c1-7-4-9(10(5-7)14(18)19)13(17)8-2-3-11-12(6-8)21-15(20)16-11/h2-3,6-7,9-10H,4-5H2,1H3,(H,16,20)(H,18,19). The lowest BCUT2D eigenvalue weighted by Gasteiger charge is -2.14. The van der Waals surface area contributed by atoms with Crippen LogP contribution in [0.2, 0.25) is 0 Å². The van der Waals surface area contributed by atoms with Crippen molar-refractivity contribution in [3.8, 4) is 0 Å². The minimum atomic E-state index is -0.924. The van der Waals surface area contributed by atoms with E-state index in [1.807, 2.05) is 6.92 Å². The number of H-pyrrole nitrogens is 1. The van der Waals surface area contributed by atoms with Gasteiger partial charge in [0.05, 0.1) is 11.4 Å². The van der Waals surface area contributed by atoms with Gasteiger partial charge in [0.15, 0.2) is 11.4 Å². The molecule has 1 aromatic carbocycles. The van der Waals surface area contributed by atoms with Crippen molar-refractivity contribution < 1.29 is 19.1 Å². The summed E-state index contributed by atoms with van der Waals surface area (Å²) in [7, 11) is 0. The van der Waals surface area contributed by atoms with Gasteiger partial charge in [0, 0.05) is 11.5 Å².